The van der Waals surface area contributed by atoms with Crippen LogP contribution in [0.4, 0.5) is 4.79 Å². The zero-order valence-corrected chi connectivity index (χ0v) is 14.3. The van der Waals surface area contributed by atoms with Gasteiger partial charge in [-0.05, 0) is 6.07 Å². The number of carbonyl (C=O) groups excluding carboxylic acids is 4. The largest absolute Gasteiger partial charge is 0.493 e. The highest BCUT2D eigenvalue weighted by atomic mass is 16.5. The van der Waals surface area contributed by atoms with Crippen LogP contribution in [0.15, 0.2) is 24.3 Å². The molecule has 2 aliphatic rings. The molecule has 1 fully saturated rings. The van der Waals surface area contributed by atoms with E-state index in [-0.39, 0.29) is 19.6 Å². The molecule has 0 bridgehead atoms. The van der Waals surface area contributed by atoms with Crippen molar-refractivity contribution in [1.82, 2.24) is 15.5 Å². The zero-order chi connectivity index (χ0) is 19.4. The second kappa shape index (κ2) is 7.37. The number of imide groups is 1. The van der Waals surface area contributed by atoms with Crippen molar-refractivity contribution in [2.24, 2.45) is 0 Å². The molecule has 9 nitrogen and oxygen atoms in total. The summed E-state index contributed by atoms with van der Waals surface area (Å²) in [6.07, 6.45) is 5.25. The van der Waals surface area contributed by atoms with Gasteiger partial charge in [-0.15, -0.1) is 6.42 Å². The van der Waals surface area contributed by atoms with Crippen LogP contribution in [-0.4, -0.2) is 55.0 Å². The van der Waals surface area contributed by atoms with Crippen LogP contribution in [0.5, 0.6) is 5.75 Å². The van der Waals surface area contributed by atoms with E-state index in [4.69, 9.17) is 15.9 Å². The van der Waals surface area contributed by atoms with E-state index in [0.717, 1.165) is 4.90 Å². The van der Waals surface area contributed by atoms with Crippen molar-refractivity contribution in [2.75, 3.05) is 26.3 Å². The van der Waals surface area contributed by atoms with E-state index in [0.29, 0.717) is 11.3 Å². The third-order valence-corrected chi connectivity index (χ3v) is 4.30. The SMILES string of the molecule is C#CCNC(=O)COC(=O)CN1C(=O)N[C@]2(CCOc3ccccc32)C1=O. The molecular weight excluding hydrogens is 354 g/mol. The summed E-state index contributed by atoms with van der Waals surface area (Å²) in [6.45, 7) is -0.895. The number of amides is 4. The molecule has 1 spiro atoms. The van der Waals surface area contributed by atoms with Crippen LogP contribution in [-0.2, 0) is 24.7 Å². The number of esters is 1. The lowest BCUT2D eigenvalue weighted by Crippen LogP contribution is -2.47. The first-order valence-corrected chi connectivity index (χ1v) is 8.20. The van der Waals surface area contributed by atoms with Gasteiger partial charge in [0.15, 0.2) is 12.1 Å². The topological polar surface area (TPSA) is 114 Å². The minimum absolute atomic E-state index is 0.00734. The lowest BCUT2D eigenvalue weighted by molar-refractivity contribution is -0.151. The molecule has 0 unspecified atom stereocenters. The van der Waals surface area contributed by atoms with Gasteiger partial charge in [-0.25, -0.2) is 4.79 Å². The Labute approximate surface area is 155 Å². The number of urea groups is 1. The molecule has 1 aromatic rings. The Bertz CT molecular complexity index is 846. The van der Waals surface area contributed by atoms with Crippen molar-refractivity contribution < 1.29 is 28.7 Å². The molecule has 9 heteroatoms. The van der Waals surface area contributed by atoms with Crippen LogP contribution >= 0.6 is 0 Å². The summed E-state index contributed by atoms with van der Waals surface area (Å²) in [5.74, 6) is 0.699. The number of nitrogens with zero attached hydrogens (tertiary/aromatic N) is 1. The average Bonchev–Trinajstić information content (AvgIpc) is 2.90. The van der Waals surface area contributed by atoms with Gasteiger partial charge in [-0.2, -0.15) is 0 Å². The van der Waals surface area contributed by atoms with Crippen molar-refractivity contribution >= 4 is 23.8 Å². The van der Waals surface area contributed by atoms with E-state index in [1.165, 1.54) is 0 Å². The van der Waals surface area contributed by atoms with Gasteiger partial charge in [0.05, 0.1) is 13.2 Å². The molecule has 1 saturated heterocycles. The Morgan fingerprint density at radius 2 is 2.15 bits per heavy atom. The smallest absolute Gasteiger partial charge is 0.326 e. The molecule has 140 valence electrons. The number of hydrogen-bond acceptors (Lipinski definition) is 6. The fourth-order valence-corrected chi connectivity index (χ4v) is 3.04. The van der Waals surface area contributed by atoms with Crippen LogP contribution < -0.4 is 15.4 Å². The van der Waals surface area contributed by atoms with Gasteiger partial charge in [0, 0.05) is 12.0 Å². The van der Waals surface area contributed by atoms with E-state index in [9.17, 15) is 19.2 Å². The van der Waals surface area contributed by atoms with Crippen LogP contribution in [0.25, 0.3) is 0 Å². The second-order valence-corrected chi connectivity index (χ2v) is 5.96. The number of carbonyl (C=O) groups is 4. The number of hydrogen-bond donors (Lipinski definition) is 2. The third-order valence-electron chi connectivity index (χ3n) is 4.30. The number of fused-ring (bicyclic) bond motifs is 2. The summed E-state index contributed by atoms with van der Waals surface area (Å²) in [6, 6.07) is 6.21. The van der Waals surface area contributed by atoms with Crippen molar-refractivity contribution in [3.05, 3.63) is 29.8 Å². The van der Waals surface area contributed by atoms with E-state index < -0.39 is 42.5 Å². The Morgan fingerprint density at radius 1 is 1.37 bits per heavy atom. The van der Waals surface area contributed by atoms with Crippen molar-refractivity contribution in [3.8, 4) is 18.1 Å². The van der Waals surface area contributed by atoms with Gasteiger partial charge in [0.1, 0.15) is 12.3 Å². The normalized spacial score (nSPS) is 20.3. The molecule has 0 radical (unpaired) electrons. The molecule has 2 heterocycles. The summed E-state index contributed by atoms with van der Waals surface area (Å²) in [4.78, 5) is 49.4. The summed E-state index contributed by atoms with van der Waals surface area (Å²) >= 11 is 0. The highest BCUT2D eigenvalue weighted by Crippen LogP contribution is 2.40. The molecule has 1 atom stereocenters. The molecule has 4 amide bonds. The second-order valence-electron chi connectivity index (χ2n) is 5.96. The summed E-state index contributed by atoms with van der Waals surface area (Å²) in [7, 11) is 0. The first-order chi connectivity index (χ1) is 13.0. The maximum atomic E-state index is 12.9. The molecule has 27 heavy (non-hydrogen) atoms. The Balaban J connectivity index is 1.68. The van der Waals surface area contributed by atoms with Gasteiger partial charge in [-0.3, -0.25) is 19.3 Å². The highest BCUT2D eigenvalue weighted by molar-refractivity contribution is 6.09. The number of nitrogens with one attached hydrogen (secondary N) is 2. The number of benzene rings is 1. The summed E-state index contributed by atoms with van der Waals surface area (Å²) < 4.78 is 10.3. The molecule has 2 N–H and O–H groups in total. The number of para-hydroxylation sites is 1. The van der Waals surface area contributed by atoms with E-state index >= 15 is 0 Å². The monoisotopic (exact) mass is 371 g/mol. The number of terminal acetylenes is 1. The Hall–Kier alpha value is -3.54. The summed E-state index contributed by atoms with van der Waals surface area (Å²) in [5, 5.41) is 5.00. The van der Waals surface area contributed by atoms with Gasteiger partial charge in [0.25, 0.3) is 11.8 Å². The standard InChI is InChI=1S/C18H17N3O6/c1-2-8-19-14(22)11-27-15(23)10-21-16(24)18(20-17(21)25)7-9-26-13-6-4-3-5-12(13)18/h1,3-6H,7-11H2,(H,19,22)(H,20,25)/t18-/m0/s1. The summed E-state index contributed by atoms with van der Waals surface area (Å²) in [5.41, 5.74) is -0.727. The van der Waals surface area contributed by atoms with E-state index in [1.54, 1.807) is 24.3 Å². The predicted molar refractivity (Wildman–Crippen MR) is 91.3 cm³/mol. The van der Waals surface area contributed by atoms with Crippen molar-refractivity contribution in [1.29, 1.82) is 0 Å². The predicted octanol–water partition coefficient (Wildman–Crippen LogP) is -0.491. The molecule has 0 saturated carbocycles. The molecule has 0 aromatic heterocycles. The van der Waals surface area contributed by atoms with Crippen molar-refractivity contribution in [3.63, 3.8) is 0 Å². The molecule has 2 aliphatic heterocycles. The van der Waals surface area contributed by atoms with Gasteiger partial charge >= 0.3 is 12.0 Å². The van der Waals surface area contributed by atoms with Crippen LogP contribution in [0.1, 0.15) is 12.0 Å². The fraction of sp³-hybridized carbons (Fsp3) is 0.333. The highest BCUT2D eigenvalue weighted by Gasteiger charge is 2.55. The quantitative estimate of drug-likeness (QED) is 0.410. The molecule has 3 rings (SSSR count). The Morgan fingerprint density at radius 3 is 2.93 bits per heavy atom. The van der Waals surface area contributed by atoms with Crippen LogP contribution in [0, 0.1) is 12.3 Å². The first kappa shape index (κ1) is 18.3. The molecule has 1 aromatic carbocycles. The number of ether oxygens (including phenoxy) is 2. The maximum Gasteiger partial charge on any atom is 0.326 e. The third kappa shape index (κ3) is 3.42. The number of rotatable bonds is 5. The first-order valence-electron chi connectivity index (χ1n) is 8.20. The molecular formula is C18H17N3O6. The minimum Gasteiger partial charge on any atom is -0.493 e. The molecule has 0 aliphatic carbocycles. The van der Waals surface area contributed by atoms with Crippen molar-refractivity contribution in [2.45, 2.75) is 12.0 Å². The van der Waals surface area contributed by atoms with Crippen LogP contribution in [0.2, 0.25) is 0 Å². The average molecular weight is 371 g/mol. The van der Waals surface area contributed by atoms with Gasteiger partial charge < -0.3 is 20.1 Å². The van der Waals surface area contributed by atoms with Gasteiger partial charge in [-0.1, -0.05) is 24.1 Å². The van der Waals surface area contributed by atoms with Crippen LogP contribution in [0.3, 0.4) is 0 Å². The lowest BCUT2D eigenvalue weighted by atomic mass is 9.84. The van der Waals surface area contributed by atoms with Gasteiger partial charge in [0.2, 0.25) is 0 Å². The zero-order valence-electron chi connectivity index (χ0n) is 14.3. The van der Waals surface area contributed by atoms with E-state index in [1.807, 2.05) is 0 Å². The maximum absolute atomic E-state index is 12.9. The minimum atomic E-state index is -1.27. The lowest BCUT2D eigenvalue weighted by Gasteiger charge is -2.33. The van der Waals surface area contributed by atoms with E-state index in [2.05, 4.69) is 16.6 Å². The Kier molecular flexibility index (Phi) is 4.98. The fourth-order valence-electron chi connectivity index (χ4n) is 3.04.